The Morgan fingerprint density at radius 3 is 2.35 bits per heavy atom. The summed E-state index contributed by atoms with van der Waals surface area (Å²) < 4.78 is 4.79. The molecule has 0 radical (unpaired) electrons. The van der Waals surface area contributed by atoms with Crippen LogP contribution in [-0.4, -0.2) is 13.1 Å². The molecule has 2 aromatic rings. The zero-order chi connectivity index (χ0) is 17.0. The molecule has 0 saturated heterocycles. The third kappa shape index (κ3) is 4.14. The van der Waals surface area contributed by atoms with Crippen LogP contribution in [0.3, 0.4) is 0 Å². The van der Waals surface area contributed by atoms with Gasteiger partial charge >= 0.3 is 5.97 Å². The molecule has 0 saturated carbocycles. The third-order valence-corrected chi connectivity index (χ3v) is 3.70. The first kappa shape index (κ1) is 16.6. The van der Waals surface area contributed by atoms with Crippen molar-refractivity contribution in [2.75, 3.05) is 12.8 Å². The van der Waals surface area contributed by atoms with Crippen LogP contribution in [0.1, 0.15) is 40.7 Å². The van der Waals surface area contributed by atoms with Gasteiger partial charge < -0.3 is 10.5 Å². The average Bonchev–Trinajstić information content (AvgIpc) is 2.51. The molecule has 2 aromatic carbocycles. The molecule has 3 heteroatoms. The van der Waals surface area contributed by atoms with Crippen molar-refractivity contribution < 1.29 is 9.53 Å². The number of methoxy groups -OCH3 is 1. The standard InChI is InChI=1S/C20H21NO2/c1-13-9-14(2)11-16(10-13)5-6-18-12-17(7-8-19(18)21)15(3)20(22)23-4/h7-12,15H,21H2,1-4H3. The van der Waals surface area contributed by atoms with Crippen molar-refractivity contribution >= 4 is 11.7 Å². The topological polar surface area (TPSA) is 52.3 Å². The quantitative estimate of drug-likeness (QED) is 0.524. The van der Waals surface area contributed by atoms with Gasteiger partial charge in [-0.2, -0.15) is 0 Å². The van der Waals surface area contributed by atoms with E-state index in [9.17, 15) is 4.79 Å². The van der Waals surface area contributed by atoms with Crippen LogP contribution in [0.25, 0.3) is 0 Å². The minimum absolute atomic E-state index is 0.275. The number of nitrogen functional groups attached to an aromatic ring is 1. The zero-order valence-corrected chi connectivity index (χ0v) is 13.9. The lowest BCUT2D eigenvalue weighted by molar-refractivity contribution is -0.141. The Labute approximate surface area is 137 Å². The average molecular weight is 307 g/mol. The first-order valence-electron chi connectivity index (χ1n) is 7.48. The molecule has 0 aromatic heterocycles. The highest BCUT2D eigenvalue weighted by molar-refractivity contribution is 5.78. The highest BCUT2D eigenvalue weighted by atomic mass is 16.5. The number of carbonyl (C=O) groups is 1. The second-order valence-electron chi connectivity index (χ2n) is 5.72. The summed E-state index contributed by atoms with van der Waals surface area (Å²) >= 11 is 0. The Morgan fingerprint density at radius 1 is 1.09 bits per heavy atom. The Balaban J connectivity index is 2.37. The highest BCUT2D eigenvalue weighted by Gasteiger charge is 2.16. The van der Waals surface area contributed by atoms with Gasteiger partial charge in [-0.3, -0.25) is 4.79 Å². The summed E-state index contributed by atoms with van der Waals surface area (Å²) in [7, 11) is 1.39. The molecule has 0 amide bonds. The summed E-state index contributed by atoms with van der Waals surface area (Å²) in [5.74, 6) is 5.64. The van der Waals surface area contributed by atoms with Gasteiger partial charge in [0.2, 0.25) is 0 Å². The van der Waals surface area contributed by atoms with E-state index in [1.807, 2.05) is 38.1 Å². The van der Waals surface area contributed by atoms with Crippen LogP contribution in [0.5, 0.6) is 0 Å². The predicted octanol–water partition coefficient (Wildman–Crippen LogP) is 3.56. The summed E-state index contributed by atoms with van der Waals surface area (Å²) in [5, 5.41) is 0. The van der Waals surface area contributed by atoms with Crippen LogP contribution in [0.15, 0.2) is 36.4 Å². The van der Waals surface area contributed by atoms with Crippen molar-refractivity contribution in [2.24, 2.45) is 0 Å². The maximum Gasteiger partial charge on any atom is 0.312 e. The molecule has 2 N–H and O–H groups in total. The molecule has 3 nitrogen and oxygen atoms in total. The van der Waals surface area contributed by atoms with E-state index < -0.39 is 0 Å². The molecule has 0 spiro atoms. The Bertz CT molecular complexity index is 777. The van der Waals surface area contributed by atoms with E-state index in [4.69, 9.17) is 10.5 Å². The molecule has 0 fully saturated rings. The smallest absolute Gasteiger partial charge is 0.312 e. The van der Waals surface area contributed by atoms with E-state index in [1.165, 1.54) is 18.2 Å². The zero-order valence-electron chi connectivity index (χ0n) is 13.9. The second-order valence-corrected chi connectivity index (χ2v) is 5.72. The molecule has 0 aliphatic rings. The van der Waals surface area contributed by atoms with Gasteiger partial charge in [-0.1, -0.05) is 24.0 Å². The fourth-order valence-electron chi connectivity index (χ4n) is 2.45. The summed E-state index contributed by atoms with van der Waals surface area (Å²) in [4.78, 5) is 11.7. The minimum Gasteiger partial charge on any atom is -0.469 e. The summed E-state index contributed by atoms with van der Waals surface area (Å²) in [6.07, 6.45) is 0. The monoisotopic (exact) mass is 307 g/mol. The van der Waals surface area contributed by atoms with Crippen molar-refractivity contribution in [1.29, 1.82) is 0 Å². The number of anilines is 1. The van der Waals surface area contributed by atoms with Gasteiger partial charge in [-0.15, -0.1) is 0 Å². The van der Waals surface area contributed by atoms with Crippen LogP contribution in [-0.2, 0) is 9.53 Å². The number of esters is 1. The van der Waals surface area contributed by atoms with Gasteiger partial charge in [0.25, 0.3) is 0 Å². The van der Waals surface area contributed by atoms with E-state index in [0.717, 1.165) is 16.7 Å². The largest absolute Gasteiger partial charge is 0.469 e. The molecule has 0 bridgehead atoms. The van der Waals surface area contributed by atoms with Gasteiger partial charge in [-0.25, -0.2) is 0 Å². The number of hydrogen-bond acceptors (Lipinski definition) is 3. The summed E-state index contributed by atoms with van der Waals surface area (Å²) in [6, 6.07) is 11.7. The lowest BCUT2D eigenvalue weighted by Crippen LogP contribution is -2.11. The molecule has 0 aliphatic carbocycles. The lowest BCUT2D eigenvalue weighted by atomic mass is 9.98. The lowest BCUT2D eigenvalue weighted by Gasteiger charge is -2.10. The van der Waals surface area contributed by atoms with Crippen LogP contribution in [0.2, 0.25) is 0 Å². The van der Waals surface area contributed by atoms with E-state index in [-0.39, 0.29) is 11.9 Å². The van der Waals surface area contributed by atoms with Gasteiger partial charge in [-0.05, 0) is 61.7 Å². The van der Waals surface area contributed by atoms with E-state index in [2.05, 4.69) is 17.9 Å². The number of ether oxygens (including phenoxy) is 1. The molecule has 2 rings (SSSR count). The fourth-order valence-corrected chi connectivity index (χ4v) is 2.45. The molecular formula is C20H21NO2. The van der Waals surface area contributed by atoms with Crippen LogP contribution in [0.4, 0.5) is 5.69 Å². The Kier molecular flexibility index (Phi) is 5.08. The fraction of sp³-hybridized carbons (Fsp3) is 0.250. The second kappa shape index (κ2) is 7.02. The summed E-state index contributed by atoms with van der Waals surface area (Å²) in [6.45, 7) is 5.90. The predicted molar refractivity (Wildman–Crippen MR) is 93.2 cm³/mol. The van der Waals surface area contributed by atoms with Crippen LogP contribution >= 0.6 is 0 Å². The first-order chi connectivity index (χ1) is 10.9. The summed E-state index contributed by atoms with van der Waals surface area (Å²) in [5.41, 5.74) is 11.5. The van der Waals surface area contributed by atoms with E-state index >= 15 is 0 Å². The molecule has 1 unspecified atom stereocenters. The van der Waals surface area contributed by atoms with Crippen molar-refractivity contribution in [1.82, 2.24) is 0 Å². The first-order valence-corrected chi connectivity index (χ1v) is 7.48. The molecule has 118 valence electrons. The van der Waals surface area contributed by atoms with Gasteiger partial charge in [0.15, 0.2) is 0 Å². The van der Waals surface area contributed by atoms with Crippen LogP contribution < -0.4 is 5.73 Å². The molecular weight excluding hydrogens is 286 g/mol. The van der Waals surface area contributed by atoms with E-state index in [0.29, 0.717) is 5.69 Å². The maximum atomic E-state index is 11.7. The number of benzene rings is 2. The number of hydrogen-bond donors (Lipinski definition) is 1. The SMILES string of the molecule is COC(=O)C(C)c1ccc(N)c(C#Cc2cc(C)cc(C)c2)c1. The highest BCUT2D eigenvalue weighted by Crippen LogP contribution is 2.21. The van der Waals surface area contributed by atoms with Gasteiger partial charge in [0, 0.05) is 16.8 Å². The number of nitrogens with two attached hydrogens (primary N) is 1. The molecule has 23 heavy (non-hydrogen) atoms. The van der Waals surface area contributed by atoms with Crippen LogP contribution in [0, 0.1) is 25.7 Å². The van der Waals surface area contributed by atoms with Crippen molar-refractivity contribution in [3.63, 3.8) is 0 Å². The van der Waals surface area contributed by atoms with E-state index in [1.54, 1.807) is 13.0 Å². The normalized spacial score (nSPS) is 11.3. The minimum atomic E-state index is -0.345. The molecule has 0 aliphatic heterocycles. The number of rotatable bonds is 2. The molecule has 1 atom stereocenters. The number of carbonyl (C=O) groups excluding carboxylic acids is 1. The Morgan fingerprint density at radius 2 is 1.74 bits per heavy atom. The third-order valence-electron chi connectivity index (χ3n) is 3.70. The van der Waals surface area contributed by atoms with Gasteiger partial charge in [0.1, 0.15) is 0 Å². The maximum absolute atomic E-state index is 11.7. The Hall–Kier alpha value is -2.73. The number of aryl methyl sites for hydroxylation is 2. The van der Waals surface area contributed by atoms with Crippen molar-refractivity contribution in [3.8, 4) is 11.8 Å². The van der Waals surface area contributed by atoms with Crippen molar-refractivity contribution in [3.05, 3.63) is 64.2 Å². The molecule has 0 heterocycles. The van der Waals surface area contributed by atoms with Gasteiger partial charge in [0.05, 0.1) is 13.0 Å². The van der Waals surface area contributed by atoms with Crippen molar-refractivity contribution in [2.45, 2.75) is 26.7 Å².